The first-order valence-corrected chi connectivity index (χ1v) is 9.63. The third-order valence-electron chi connectivity index (χ3n) is 6.17. The predicted octanol–water partition coefficient (Wildman–Crippen LogP) is 6.20. The number of benzene rings is 1. The Morgan fingerprint density at radius 1 is 1.08 bits per heavy atom. The number of rotatable bonds is 5. The molecule has 136 valence electrons. The fourth-order valence-corrected chi connectivity index (χ4v) is 4.89. The summed E-state index contributed by atoms with van der Waals surface area (Å²) in [5.74, 6) is 2.12. The van der Waals surface area contributed by atoms with Crippen LogP contribution in [0.2, 0.25) is 5.02 Å². The van der Waals surface area contributed by atoms with E-state index in [0.717, 1.165) is 50.4 Å². The molecular formula is C20H26ClFN2O. The van der Waals surface area contributed by atoms with Crippen molar-refractivity contribution in [3.05, 3.63) is 28.5 Å². The summed E-state index contributed by atoms with van der Waals surface area (Å²) in [6.07, 6.45) is 10.8. The summed E-state index contributed by atoms with van der Waals surface area (Å²) in [5, 5.41) is 10.7. The standard InChI is InChI=1S/C20H26ClFN2O/c1-24-25-18-11-10-17(20(22)19(18)21)16-8-6-15(7-9-16)14-4-2-13(12-23)3-5-14/h10-16,23H,1-9H2. The summed E-state index contributed by atoms with van der Waals surface area (Å²) in [7, 11) is 0. The highest BCUT2D eigenvalue weighted by Crippen LogP contribution is 2.45. The SMILES string of the molecule is C=NOc1ccc(C2CCC(C3CCC(C=N)CC3)CC2)c(F)c1Cl. The Morgan fingerprint density at radius 3 is 2.24 bits per heavy atom. The predicted molar refractivity (Wildman–Crippen MR) is 101 cm³/mol. The molecule has 0 saturated heterocycles. The first-order chi connectivity index (χ1) is 12.1. The minimum atomic E-state index is -0.377. The van der Waals surface area contributed by atoms with Crippen molar-refractivity contribution in [2.24, 2.45) is 22.9 Å². The van der Waals surface area contributed by atoms with Crippen molar-refractivity contribution in [3.8, 4) is 5.75 Å². The van der Waals surface area contributed by atoms with Crippen molar-refractivity contribution < 1.29 is 9.23 Å². The maximum absolute atomic E-state index is 14.6. The van der Waals surface area contributed by atoms with Gasteiger partial charge in [0.1, 0.15) is 10.8 Å². The molecule has 0 spiro atoms. The Bertz CT molecular complexity index is 620. The molecule has 0 unspecified atom stereocenters. The molecule has 2 saturated carbocycles. The van der Waals surface area contributed by atoms with Crippen LogP contribution in [0.25, 0.3) is 0 Å². The Labute approximate surface area is 154 Å². The van der Waals surface area contributed by atoms with Gasteiger partial charge in [0, 0.05) is 6.72 Å². The van der Waals surface area contributed by atoms with E-state index in [1.807, 2.05) is 0 Å². The average Bonchev–Trinajstić information content (AvgIpc) is 2.66. The van der Waals surface area contributed by atoms with E-state index < -0.39 is 0 Å². The van der Waals surface area contributed by atoms with Crippen LogP contribution in [0.5, 0.6) is 5.75 Å². The van der Waals surface area contributed by atoms with E-state index in [9.17, 15) is 4.39 Å². The summed E-state index contributed by atoms with van der Waals surface area (Å²) in [4.78, 5) is 4.90. The number of halogens is 2. The Hall–Kier alpha value is -1.42. The Kier molecular flexibility index (Phi) is 6.10. The summed E-state index contributed by atoms with van der Waals surface area (Å²) in [6.45, 7) is 3.24. The van der Waals surface area contributed by atoms with E-state index in [2.05, 4.69) is 11.9 Å². The minimum Gasteiger partial charge on any atom is -0.356 e. The lowest BCUT2D eigenvalue weighted by molar-refractivity contribution is 0.175. The maximum atomic E-state index is 14.6. The number of nitrogens with one attached hydrogen (secondary N) is 1. The van der Waals surface area contributed by atoms with Gasteiger partial charge in [-0.25, -0.2) is 4.39 Å². The van der Waals surface area contributed by atoms with E-state index >= 15 is 0 Å². The van der Waals surface area contributed by atoms with Crippen molar-refractivity contribution in [1.82, 2.24) is 0 Å². The van der Waals surface area contributed by atoms with Gasteiger partial charge in [-0.2, -0.15) is 0 Å². The molecule has 2 fully saturated rings. The molecule has 0 amide bonds. The van der Waals surface area contributed by atoms with Crippen LogP contribution >= 0.6 is 11.6 Å². The highest BCUT2D eigenvalue weighted by Gasteiger charge is 2.32. The van der Waals surface area contributed by atoms with Gasteiger partial charge < -0.3 is 10.2 Å². The first-order valence-electron chi connectivity index (χ1n) is 9.25. The Morgan fingerprint density at radius 2 is 1.68 bits per heavy atom. The molecule has 2 aliphatic carbocycles. The lowest BCUT2D eigenvalue weighted by atomic mass is 9.68. The molecule has 1 aromatic rings. The third kappa shape index (κ3) is 4.05. The van der Waals surface area contributed by atoms with Crippen LogP contribution in [0.15, 0.2) is 17.3 Å². The molecule has 0 aliphatic heterocycles. The topological polar surface area (TPSA) is 45.4 Å². The van der Waals surface area contributed by atoms with E-state index in [-0.39, 0.29) is 22.5 Å². The molecule has 0 radical (unpaired) electrons. The van der Waals surface area contributed by atoms with Gasteiger partial charge in [-0.05, 0) is 92.9 Å². The van der Waals surface area contributed by atoms with Crippen molar-refractivity contribution in [3.63, 3.8) is 0 Å². The van der Waals surface area contributed by atoms with E-state index in [0.29, 0.717) is 11.5 Å². The normalized spacial score (nSPS) is 29.8. The molecule has 3 nitrogen and oxygen atoms in total. The van der Waals surface area contributed by atoms with Gasteiger partial charge in [-0.15, -0.1) is 0 Å². The van der Waals surface area contributed by atoms with Crippen LogP contribution in [0.4, 0.5) is 4.39 Å². The average molecular weight is 365 g/mol. The van der Waals surface area contributed by atoms with Crippen LogP contribution in [0, 0.1) is 29.0 Å². The van der Waals surface area contributed by atoms with Crippen molar-refractivity contribution in [2.45, 2.75) is 57.3 Å². The van der Waals surface area contributed by atoms with Gasteiger partial charge in [-0.1, -0.05) is 22.8 Å². The molecule has 0 bridgehead atoms. The highest BCUT2D eigenvalue weighted by molar-refractivity contribution is 6.32. The molecule has 0 atom stereocenters. The number of hydrogen-bond acceptors (Lipinski definition) is 3. The number of oxime groups is 1. The second-order valence-corrected chi connectivity index (χ2v) is 7.83. The maximum Gasteiger partial charge on any atom is 0.179 e. The largest absolute Gasteiger partial charge is 0.356 e. The second kappa shape index (κ2) is 8.31. The minimum absolute atomic E-state index is 0.00279. The number of nitrogens with zero attached hydrogens (tertiary/aromatic N) is 1. The third-order valence-corrected chi connectivity index (χ3v) is 6.52. The fraction of sp³-hybridized carbons (Fsp3) is 0.600. The van der Waals surface area contributed by atoms with E-state index in [1.54, 1.807) is 18.3 Å². The molecule has 0 aromatic heterocycles. The summed E-state index contributed by atoms with van der Waals surface area (Å²) < 4.78 is 14.6. The lowest BCUT2D eigenvalue weighted by Gasteiger charge is -2.37. The van der Waals surface area contributed by atoms with Crippen LogP contribution in [0.1, 0.15) is 62.8 Å². The summed E-state index contributed by atoms with van der Waals surface area (Å²) >= 11 is 6.07. The summed E-state index contributed by atoms with van der Waals surface area (Å²) in [6, 6.07) is 3.46. The zero-order valence-electron chi connectivity index (χ0n) is 14.5. The van der Waals surface area contributed by atoms with Gasteiger partial charge in [0.25, 0.3) is 0 Å². The lowest BCUT2D eigenvalue weighted by Crippen LogP contribution is -2.25. The zero-order valence-corrected chi connectivity index (χ0v) is 15.3. The van der Waals surface area contributed by atoms with Crippen LogP contribution in [-0.4, -0.2) is 12.9 Å². The molecule has 0 heterocycles. The molecule has 1 N–H and O–H groups in total. The molecule has 2 aliphatic rings. The first kappa shape index (κ1) is 18.4. The summed E-state index contributed by atoms with van der Waals surface area (Å²) in [5.41, 5.74) is 0.701. The van der Waals surface area contributed by atoms with Crippen molar-refractivity contribution >= 4 is 24.5 Å². The fourth-order valence-electron chi connectivity index (χ4n) is 4.69. The van der Waals surface area contributed by atoms with Gasteiger partial charge in [0.05, 0.1) is 0 Å². The van der Waals surface area contributed by atoms with Gasteiger partial charge >= 0.3 is 0 Å². The zero-order chi connectivity index (χ0) is 17.8. The van der Waals surface area contributed by atoms with Gasteiger partial charge in [0.15, 0.2) is 5.75 Å². The molecule has 1 aromatic carbocycles. The quantitative estimate of drug-likeness (QED) is 0.490. The molecule has 3 rings (SSSR count). The van der Waals surface area contributed by atoms with Crippen LogP contribution in [0.3, 0.4) is 0 Å². The van der Waals surface area contributed by atoms with Crippen LogP contribution in [-0.2, 0) is 0 Å². The number of hydrogen-bond donors (Lipinski definition) is 1. The molecule has 25 heavy (non-hydrogen) atoms. The monoisotopic (exact) mass is 364 g/mol. The smallest absolute Gasteiger partial charge is 0.179 e. The van der Waals surface area contributed by atoms with Gasteiger partial charge in [0.2, 0.25) is 0 Å². The second-order valence-electron chi connectivity index (χ2n) is 7.45. The van der Waals surface area contributed by atoms with Crippen molar-refractivity contribution in [2.75, 3.05) is 0 Å². The Balaban J connectivity index is 1.60. The highest BCUT2D eigenvalue weighted by atomic mass is 35.5. The van der Waals surface area contributed by atoms with Crippen molar-refractivity contribution in [1.29, 1.82) is 5.41 Å². The molecule has 5 heteroatoms. The van der Waals surface area contributed by atoms with E-state index in [1.165, 1.54) is 12.8 Å². The van der Waals surface area contributed by atoms with Gasteiger partial charge in [-0.3, -0.25) is 0 Å². The van der Waals surface area contributed by atoms with Crippen LogP contribution < -0.4 is 4.84 Å². The van der Waals surface area contributed by atoms with E-state index in [4.69, 9.17) is 21.8 Å². The molecular weight excluding hydrogens is 339 g/mol.